The van der Waals surface area contributed by atoms with E-state index < -0.39 is 0 Å². The number of methoxy groups -OCH3 is 1. The third kappa shape index (κ3) is 4.09. The van der Waals surface area contributed by atoms with Crippen LogP contribution >= 0.6 is 23.7 Å². The largest absolute Gasteiger partial charge is 0.495 e. The van der Waals surface area contributed by atoms with Gasteiger partial charge in [0.05, 0.1) is 7.11 Å². The zero-order chi connectivity index (χ0) is 13.1. The Bertz CT molecular complexity index is 428. The zero-order valence-electron chi connectivity index (χ0n) is 11.3. The van der Waals surface area contributed by atoms with Gasteiger partial charge in [-0.05, 0) is 38.7 Å². The Morgan fingerprint density at radius 1 is 1.42 bits per heavy atom. The summed E-state index contributed by atoms with van der Waals surface area (Å²) in [6.07, 6.45) is 3.93. The van der Waals surface area contributed by atoms with Crippen molar-refractivity contribution in [2.75, 3.05) is 7.11 Å². The fourth-order valence-corrected chi connectivity index (χ4v) is 3.20. The van der Waals surface area contributed by atoms with Gasteiger partial charge >= 0.3 is 0 Å². The summed E-state index contributed by atoms with van der Waals surface area (Å²) < 4.78 is 5.22. The standard InChI is InChI=1S/C13H20N2O2S.ClH/c1-8-7-11(17-2)12(18-8)13(16)15-10-5-3-9(14)4-6-10;/h7,9-10H,3-6,14H2,1-2H3,(H,15,16);1H. The molecule has 4 nitrogen and oxygen atoms in total. The van der Waals surface area contributed by atoms with E-state index in [0.717, 1.165) is 30.6 Å². The predicted octanol–water partition coefficient (Wildman–Crippen LogP) is 2.49. The van der Waals surface area contributed by atoms with Crippen molar-refractivity contribution in [2.24, 2.45) is 5.73 Å². The smallest absolute Gasteiger partial charge is 0.265 e. The fraction of sp³-hybridized carbons (Fsp3) is 0.615. The summed E-state index contributed by atoms with van der Waals surface area (Å²) in [5.41, 5.74) is 5.86. The zero-order valence-corrected chi connectivity index (χ0v) is 12.9. The number of carbonyl (C=O) groups is 1. The molecule has 19 heavy (non-hydrogen) atoms. The van der Waals surface area contributed by atoms with Crippen molar-refractivity contribution in [3.8, 4) is 5.75 Å². The second-order valence-electron chi connectivity index (χ2n) is 4.84. The number of halogens is 1. The molecular formula is C13H21ClN2O2S. The van der Waals surface area contributed by atoms with Crippen LogP contribution in [-0.2, 0) is 0 Å². The van der Waals surface area contributed by atoms with Crippen LogP contribution in [0.2, 0.25) is 0 Å². The number of nitrogens with one attached hydrogen (secondary N) is 1. The van der Waals surface area contributed by atoms with Crippen LogP contribution in [0, 0.1) is 6.92 Å². The molecule has 0 saturated heterocycles. The molecule has 1 aliphatic carbocycles. The summed E-state index contributed by atoms with van der Waals surface area (Å²) in [5.74, 6) is 0.646. The number of hydrogen-bond donors (Lipinski definition) is 2. The Morgan fingerprint density at radius 2 is 2.05 bits per heavy atom. The van der Waals surface area contributed by atoms with Crippen LogP contribution in [0.4, 0.5) is 0 Å². The molecule has 1 heterocycles. The first-order valence-corrected chi connectivity index (χ1v) is 7.12. The summed E-state index contributed by atoms with van der Waals surface area (Å²) in [6, 6.07) is 2.46. The third-order valence-corrected chi connectivity index (χ3v) is 4.38. The van der Waals surface area contributed by atoms with E-state index in [1.165, 1.54) is 11.3 Å². The summed E-state index contributed by atoms with van der Waals surface area (Å²) in [6.45, 7) is 1.98. The molecule has 3 N–H and O–H groups in total. The van der Waals surface area contributed by atoms with Crippen molar-refractivity contribution in [1.82, 2.24) is 5.32 Å². The molecular weight excluding hydrogens is 284 g/mol. The number of thiophene rings is 1. The molecule has 1 amide bonds. The molecule has 0 aromatic carbocycles. The molecule has 0 spiro atoms. The Labute approximate surface area is 124 Å². The normalized spacial score (nSPS) is 22.5. The van der Waals surface area contributed by atoms with E-state index in [-0.39, 0.29) is 24.4 Å². The van der Waals surface area contributed by atoms with E-state index in [9.17, 15) is 4.79 Å². The summed E-state index contributed by atoms with van der Waals surface area (Å²) in [4.78, 5) is 13.9. The van der Waals surface area contributed by atoms with Gasteiger partial charge in [-0.25, -0.2) is 0 Å². The first kappa shape index (κ1) is 16.3. The Morgan fingerprint density at radius 3 is 2.63 bits per heavy atom. The van der Waals surface area contributed by atoms with E-state index in [1.54, 1.807) is 7.11 Å². The monoisotopic (exact) mass is 304 g/mol. The Kier molecular flexibility index (Phi) is 6.10. The molecule has 6 heteroatoms. The van der Waals surface area contributed by atoms with Crippen molar-refractivity contribution in [1.29, 1.82) is 0 Å². The van der Waals surface area contributed by atoms with Gasteiger partial charge in [-0.15, -0.1) is 23.7 Å². The summed E-state index contributed by atoms with van der Waals surface area (Å²) >= 11 is 1.47. The molecule has 0 bridgehead atoms. The van der Waals surface area contributed by atoms with Crippen LogP contribution < -0.4 is 15.8 Å². The van der Waals surface area contributed by atoms with E-state index in [2.05, 4.69) is 5.32 Å². The van der Waals surface area contributed by atoms with Gasteiger partial charge in [-0.3, -0.25) is 4.79 Å². The van der Waals surface area contributed by atoms with Crippen molar-refractivity contribution in [3.63, 3.8) is 0 Å². The lowest BCUT2D eigenvalue weighted by atomic mass is 9.92. The van der Waals surface area contributed by atoms with Crippen LogP contribution in [0.25, 0.3) is 0 Å². The lowest BCUT2D eigenvalue weighted by Gasteiger charge is -2.26. The van der Waals surface area contributed by atoms with Crippen molar-refractivity contribution in [2.45, 2.75) is 44.7 Å². The topological polar surface area (TPSA) is 64.3 Å². The quantitative estimate of drug-likeness (QED) is 0.901. The molecule has 0 atom stereocenters. The highest BCUT2D eigenvalue weighted by atomic mass is 35.5. The number of ether oxygens (including phenoxy) is 1. The molecule has 0 unspecified atom stereocenters. The van der Waals surface area contributed by atoms with Gasteiger partial charge in [0.25, 0.3) is 5.91 Å². The first-order chi connectivity index (χ1) is 8.60. The van der Waals surface area contributed by atoms with Crippen LogP contribution in [0.1, 0.15) is 40.2 Å². The SMILES string of the molecule is COc1cc(C)sc1C(=O)NC1CCC(N)CC1.Cl. The van der Waals surface area contributed by atoms with Crippen molar-refractivity contribution >= 4 is 29.7 Å². The van der Waals surface area contributed by atoms with E-state index >= 15 is 0 Å². The lowest BCUT2D eigenvalue weighted by molar-refractivity contribution is 0.0927. The molecule has 1 aromatic rings. The minimum Gasteiger partial charge on any atom is -0.495 e. The maximum Gasteiger partial charge on any atom is 0.265 e. The van der Waals surface area contributed by atoms with Gasteiger partial charge in [-0.2, -0.15) is 0 Å². The van der Waals surface area contributed by atoms with Crippen molar-refractivity contribution in [3.05, 3.63) is 15.8 Å². The van der Waals surface area contributed by atoms with Crippen LogP contribution in [0.3, 0.4) is 0 Å². The summed E-state index contributed by atoms with van der Waals surface area (Å²) in [5, 5.41) is 3.08. The number of nitrogens with two attached hydrogens (primary N) is 1. The summed E-state index contributed by atoms with van der Waals surface area (Å²) in [7, 11) is 1.60. The molecule has 0 radical (unpaired) electrons. The molecule has 1 fully saturated rings. The van der Waals surface area contributed by atoms with Crippen LogP contribution in [0.5, 0.6) is 5.75 Å². The molecule has 0 aliphatic heterocycles. The van der Waals surface area contributed by atoms with Gasteiger partial charge in [0, 0.05) is 17.0 Å². The number of carbonyl (C=O) groups excluding carboxylic acids is 1. The molecule has 2 rings (SSSR count). The predicted molar refractivity (Wildman–Crippen MR) is 80.6 cm³/mol. The van der Waals surface area contributed by atoms with Crippen molar-refractivity contribution < 1.29 is 9.53 Å². The van der Waals surface area contributed by atoms with E-state index in [0.29, 0.717) is 16.7 Å². The molecule has 1 saturated carbocycles. The Balaban J connectivity index is 0.00000180. The number of hydrogen-bond acceptors (Lipinski definition) is 4. The van der Waals surface area contributed by atoms with Gasteiger partial charge in [-0.1, -0.05) is 0 Å². The number of aryl methyl sites for hydroxylation is 1. The average Bonchev–Trinajstić information content (AvgIpc) is 2.73. The molecule has 1 aliphatic rings. The van der Waals surface area contributed by atoms with Gasteiger partial charge < -0.3 is 15.8 Å². The van der Waals surface area contributed by atoms with E-state index in [4.69, 9.17) is 10.5 Å². The van der Waals surface area contributed by atoms with Crippen LogP contribution in [-0.4, -0.2) is 25.1 Å². The maximum atomic E-state index is 12.2. The fourth-order valence-electron chi connectivity index (χ4n) is 2.32. The van der Waals surface area contributed by atoms with Crippen LogP contribution in [0.15, 0.2) is 6.07 Å². The highest BCUT2D eigenvalue weighted by Gasteiger charge is 2.23. The second-order valence-corrected chi connectivity index (χ2v) is 6.10. The number of rotatable bonds is 3. The third-order valence-electron chi connectivity index (χ3n) is 3.35. The maximum absolute atomic E-state index is 12.2. The van der Waals surface area contributed by atoms with Gasteiger partial charge in [0.1, 0.15) is 10.6 Å². The van der Waals surface area contributed by atoms with Gasteiger partial charge in [0.15, 0.2) is 0 Å². The second kappa shape index (κ2) is 7.12. The van der Waals surface area contributed by atoms with Gasteiger partial charge in [0.2, 0.25) is 0 Å². The highest BCUT2D eigenvalue weighted by Crippen LogP contribution is 2.29. The lowest BCUT2D eigenvalue weighted by Crippen LogP contribution is -2.40. The minimum atomic E-state index is -0.0228. The Hall–Kier alpha value is -0.780. The average molecular weight is 305 g/mol. The molecule has 1 aromatic heterocycles. The first-order valence-electron chi connectivity index (χ1n) is 6.31. The number of amides is 1. The minimum absolute atomic E-state index is 0. The highest BCUT2D eigenvalue weighted by molar-refractivity contribution is 7.14. The molecule has 108 valence electrons. The van der Waals surface area contributed by atoms with E-state index in [1.807, 2.05) is 13.0 Å².